The summed E-state index contributed by atoms with van der Waals surface area (Å²) in [5, 5.41) is 3.12. The van der Waals surface area contributed by atoms with Gasteiger partial charge >= 0.3 is 0 Å². The Kier molecular flexibility index (Phi) is 7.01. The van der Waals surface area contributed by atoms with E-state index in [0.29, 0.717) is 24.8 Å². The van der Waals surface area contributed by atoms with Crippen molar-refractivity contribution in [2.45, 2.75) is 59.5 Å². The van der Waals surface area contributed by atoms with E-state index >= 15 is 0 Å². The van der Waals surface area contributed by atoms with Crippen LogP contribution in [0.15, 0.2) is 36.4 Å². The number of rotatable bonds is 6. The Morgan fingerprint density at radius 2 is 1.77 bits per heavy atom. The number of nitrogens with zero attached hydrogens (tertiary/aromatic N) is 1. The van der Waals surface area contributed by atoms with Crippen LogP contribution in [0.5, 0.6) is 0 Å². The predicted octanol–water partition coefficient (Wildman–Crippen LogP) is 3.88. The Labute approximate surface area is 157 Å². The van der Waals surface area contributed by atoms with E-state index in [1.165, 1.54) is 0 Å². The van der Waals surface area contributed by atoms with Crippen LogP contribution in [0.1, 0.15) is 53.0 Å². The van der Waals surface area contributed by atoms with E-state index < -0.39 is 0 Å². The van der Waals surface area contributed by atoms with Crippen LogP contribution in [0.25, 0.3) is 5.57 Å². The minimum Gasteiger partial charge on any atom is -0.350 e. The van der Waals surface area contributed by atoms with Crippen LogP contribution in [0.3, 0.4) is 0 Å². The average molecular weight is 357 g/mol. The zero-order valence-electron chi connectivity index (χ0n) is 16.7. The maximum absolute atomic E-state index is 13.0. The van der Waals surface area contributed by atoms with Crippen molar-refractivity contribution < 1.29 is 9.59 Å². The third-order valence-corrected chi connectivity index (χ3v) is 4.75. The van der Waals surface area contributed by atoms with Gasteiger partial charge in [0.25, 0.3) is 0 Å². The molecule has 142 valence electrons. The zero-order valence-corrected chi connectivity index (χ0v) is 16.7. The third kappa shape index (κ3) is 5.45. The Morgan fingerprint density at radius 1 is 1.15 bits per heavy atom. The lowest BCUT2D eigenvalue weighted by Gasteiger charge is -2.40. The number of carbonyl (C=O) groups excluding carboxylic acids is 2. The topological polar surface area (TPSA) is 49.4 Å². The number of carbonyl (C=O) groups is 2. The van der Waals surface area contributed by atoms with Gasteiger partial charge in [-0.05, 0) is 42.7 Å². The van der Waals surface area contributed by atoms with Gasteiger partial charge in [0, 0.05) is 18.7 Å². The van der Waals surface area contributed by atoms with Crippen molar-refractivity contribution in [3.05, 3.63) is 42.0 Å². The van der Waals surface area contributed by atoms with Crippen molar-refractivity contribution in [2.75, 3.05) is 6.54 Å². The summed E-state index contributed by atoms with van der Waals surface area (Å²) in [4.78, 5) is 27.5. The molecule has 26 heavy (non-hydrogen) atoms. The number of piperazine rings is 1. The number of hydrogen-bond acceptors (Lipinski definition) is 2. The molecule has 2 unspecified atom stereocenters. The second kappa shape index (κ2) is 9.02. The summed E-state index contributed by atoms with van der Waals surface area (Å²) in [5.74, 6) is 0.734. The first-order valence-corrected chi connectivity index (χ1v) is 9.62. The second-order valence-corrected chi connectivity index (χ2v) is 8.16. The van der Waals surface area contributed by atoms with Gasteiger partial charge < -0.3 is 10.2 Å². The van der Waals surface area contributed by atoms with Gasteiger partial charge in [0.05, 0.1) is 0 Å². The lowest BCUT2D eigenvalue weighted by atomic mass is 9.94. The van der Waals surface area contributed by atoms with Gasteiger partial charge in [-0.1, -0.05) is 58.0 Å². The molecule has 2 atom stereocenters. The number of allylic oxidation sites excluding steroid dienone is 1. The lowest BCUT2D eigenvalue weighted by Crippen LogP contribution is -2.61. The summed E-state index contributed by atoms with van der Waals surface area (Å²) in [7, 11) is 0. The summed E-state index contributed by atoms with van der Waals surface area (Å²) in [6, 6.07) is 9.52. The van der Waals surface area contributed by atoms with E-state index in [0.717, 1.165) is 17.6 Å². The van der Waals surface area contributed by atoms with Crippen LogP contribution >= 0.6 is 0 Å². The molecule has 0 bridgehead atoms. The largest absolute Gasteiger partial charge is 0.350 e. The third-order valence-electron chi connectivity index (χ3n) is 4.75. The van der Waals surface area contributed by atoms with Crippen LogP contribution in [0, 0.1) is 11.8 Å². The Hall–Kier alpha value is -2.10. The number of nitrogens with one attached hydrogen (secondary N) is 1. The van der Waals surface area contributed by atoms with Gasteiger partial charge in [-0.2, -0.15) is 0 Å². The van der Waals surface area contributed by atoms with Crippen LogP contribution in [-0.2, 0) is 9.59 Å². The summed E-state index contributed by atoms with van der Waals surface area (Å²) >= 11 is 0. The molecule has 1 aromatic rings. The molecule has 4 nitrogen and oxygen atoms in total. The highest BCUT2D eigenvalue weighted by Crippen LogP contribution is 2.21. The van der Waals surface area contributed by atoms with E-state index in [9.17, 15) is 9.59 Å². The first-order chi connectivity index (χ1) is 12.3. The van der Waals surface area contributed by atoms with Crippen molar-refractivity contribution in [1.82, 2.24) is 10.2 Å². The highest BCUT2D eigenvalue weighted by atomic mass is 16.2. The SMILES string of the molecule is CC(=CC(=O)N1CC(CC(C)C)NC(=O)C1CC(C)C)c1ccccc1. The first kappa shape index (κ1) is 20.2. The molecule has 0 aromatic heterocycles. The quantitative estimate of drug-likeness (QED) is 0.787. The average Bonchev–Trinajstić information content (AvgIpc) is 2.56. The molecule has 1 heterocycles. The molecule has 0 spiro atoms. The monoisotopic (exact) mass is 356 g/mol. The van der Waals surface area contributed by atoms with Crippen molar-refractivity contribution in [2.24, 2.45) is 11.8 Å². The fourth-order valence-corrected chi connectivity index (χ4v) is 3.53. The fraction of sp³-hybridized carbons (Fsp3) is 0.545. The summed E-state index contributed by atoms with van der Waals surface area (Å²) in [6.45, 7) is 11.0. The van der Waals surface area contributed by atoms with E-state index in [-0.39, 0.29) is 23.9 Å². The van der Waals surface area contributed by atoms with Crippen LogP contribution in [-0.4, -0.2) is 35.3 Å². The van der Waals surface area contributed by atoms with E-state index in [1.807, 2.05) is 37.3 Å². The maximum Gasteiger partial charge on any atom is 0.247 e. The predicted molar refractivity (Wildman–Crippen MR) is 106 cm³/mol. The standard InChI is InChI=1S/C22H32N2O2/c1-15(2)11-19-14-24(20(12-16(3)4)22(26)23-19)21(25)13-17(5)18-9-7-6-8-10-18/h6-10,13,15-16,19-20H,11-12,14H2,1-5H3,(H,23,26). The first-order valence-electron chi connectivity index (χ1n) is 9.62. The minimum atomic E-state index is -0.384. The molecule has 1 aliphatic rings. The summed E-state index contributed by atoms with van der Waals surface area (Å²) in [6.07, 6.45) is 3.24. The molecule has 1 saturated heterocycles. The van der Waals surface area contributed by atoms with Gasteiger partial charge in [-0.3, -0.25) is 9.59 Å². The number of hydrogen-bond donors (Lipinski definition) is 1. The van der Waals surface area contributed by atoms with Crippen molar-refractivity contribution in [3.63, 3.8) is 0 Å². The fourth-order valence-electron chi connectivity index (χ4n) is 3.53. The molecule has 2 rings (SSSR count). The minimum absolute atomic E-state index is 0.0188. The molecule has 4 heteroatoms. The molecule has 0 aliphatic carbocycles. The molecule has 1 aliphatic heterocycles. The molecule has 0 radical (unpaired) electrons. The lowest BCUT2D eigenvalue weighted by molar-refractivity contribution is -0.142. The summed E-state index contributed by atoms with van der Waals surface area (Å²) < 4.78 is 0. The smallest absolute Gasteiger partial charge is 0.247 e. The van der Waals surface area contributed by atoms with Gasteiger partial charge in [0.15, 0.2) is 0 Å². The molecule has 1 N–H and O–H groups in total. The van der Waals surface area contributed by atoms with Gasteiger partial charge in [0.1, 0.15) is 6.04 Å². The molecule has 1 aromatic carbocycles. The normalized spacial score (nSPS) is 21.3. The van der Waals surface area contributed by atoms with E-state index in [1.54, 1.807) is 11.0 Å². The molecule has 1 fully saturated rings. The maximum atomic E-state index is 13.0. The molecular weight excluding hydrogens is 324 g/mol. The number of amides is 2. The molecule has 2 amide bonds. The van der Waals surface area contributed by atoms with Crippen molar-refractivity contribution in [3.8, 4) is 0 Å². The second-order valence-electron chi connectivity index (χ2n) is 8.16. The van der Waals surface area contributed by atoms with Gasteiger partial charge in [-0.25, -0.2) is 0 Å². The van der Waals surface area contributed by atoms with Gasteiger partial charge in [0.2, 0.25) is 11.8 Å². The van der Waals surface area contributed by atoms with Crippen LogP contribution < -0.4 is 5.32 Å². The van der Waals surface area contributed by atoms with E-state index in [4.69, 9.17) is 0 Å². The van der Waals surface area contributed by atoms with Crippen molar-refractivity contribution in [1.29, 1.82) is 0 Å². The highest BCUT2D eigenvalue weighted by molar-refractivity contribution is 5.98. The Bertz CT molecular complexity index is 649. The molecule has 0 saturated carbocycles. The zero-order chi connectivity index (χ0) is 19.3. The number of benzene rings is 1. The summed E-state index contributed by atoms with van der Waals surface area (Å²) in [5.41, 5.74) is 1.95. The van der Waals surface area contributed by atoms with Crippen LogP contribution in [0.4, 0.5) is 0 Å². The highest BCUT2D eigenvalue weighted by Gasteiger charge is 2.37. The Morgan fingerprint density at radius 3 is 2.35 bits per heavy atom. The van der Waals surface area contributed by atoms with Gasteiger partial charge in [-0.15, -0.1) is 0 Å². The Balaban J connectivity index is 2.23. The van der Waals surface area contributed by atoms with Crippen LogP contribution in [0.2, 0.25) is 0 Å². The van der Waals surface area contributed by atoms with E-state index in [2.05, 4.69) is 33.0 Å². The van der Waals surface area contributed by atoms with Crippen molar-refractivity contribution >= 4 is 17.4 Å². The molecular formula is C22H32N2O2.